The van der Waals surface area contributed by atoms with Gasteiger partial charge in [-0.05, 0) is 19.8 Å². The van der Waals surface area contributed by atoms with E-state index in [0.29, 0.717) is 13.0 Å². The van der Waals surface area contributed by atoms with E-state index in [1.54, 1.807) is 0 Å². The fourth-order valence-corrected chi connectivity index (χ4v) is 1.25. The Labute approximate surface area is 59.1 Å². The van der Waals surface area contributed by atoms with E-state index in [9.17, 15) is 9.90 Å². The van der Waals surface area contributed by atoms with Crippen molar-refractivity contribution >= 4 is 6.09 Å². The fraction of sp³-hybridized carbons (Fsp3) is 0.833. The Morgan fingerprint density at radius 2 is 2.30 bits per heavy atom. The normalized spacial score (nSPS) is 32.8. The highest BCUT2D eigenvalue weighted by Crippen LogP contribution is 2.25. The molecular formula is C6H11NO3. The quantitative estimate of drug-likeness (QED) is 0.520. The maximum atomic E-state index is 10.4. The predicted molar refractivity (Wildman–Crippen MR) is 34.6 cm³/mol. The Hall–Kier alpha value is -0.770. The van der Waals surface area contributed by atoms with Gasteiger partial charge >= 0.3 is 6.09 Å². The summed E-state index contributed by atoms with van der Waals surface area (Å²) in [6.07, 6.45) is 0.251. The molecule has 1 saturated heterocycles. The molecule has 0 aliphatic carbocycles. The van der Waals surface area contributed by atoms with Crippen molar-refractivity contribution in [2.45, 2.75) is 25.5 Å². The molecule has 58 valence electrons. The van der Waals surface area contributed by atoms with Gasteiger partial charge in [-0.2, -0.15) is 0 Å². The van der Waals surface area contributed by atoms with Crippen LogP contribution >= 0.6 is 0 Å². The minimum atomic E-state index is -1.13. The average Bonchev–Trinajstić information content (AvgIpc) is 2.08. The van der Waals surface area contributed by atoms with Gasteiger partial charge in [-0.3, -0.25) is 4.90 Å². The summed E-state index contributed by atoms with van der Waals surface area (Å²) in [5.41, 5.74) is -1.13. The monoisotopic (exact) mass is 145 g/mol. The number of rotatable bonds is 0. The van der Waals surface area contributed by atoms with Crippen LogP contribution in [0.25, 0.3) is 0 Å². The molecule has 1 heterocycles. The summed E-state index contributed by atoms with van der Waals surface area (Å²) < 4.78 is 0. The van der Waals surface area contributed by atoms with Crippen molar-refractivity contribution in [3.05, 3.63) is 0 Å². The molecule has 1 amide bonds. The zero-order chi connectivity index (χ0) is 7.78. The van der Waals surface area contributed by atoms with E-state index in [0.717, 1.165) is 11.3 Å². The van der Waals surface area contributed by atoms with Crippen molar-refractivity contribution in [1.29, 1.82) is 0 Å². The molecule has 0 saturated carbocycles. The van der Waals surface area contributed by atoms with Gasteiger partial charge in [0.05, 0.1) is 0 Å². The van der Waals surface area contributed by atoms with Crippen LogP contribution in [0.15, 0.2) is 0 Å². The summed E-state index contributed by atoms with van der Waals surface area (Å²) in [7, 11) is 0. The largest absolute Gasteiger partial charge is 0.465 e. The maximum absolute atomic E-state index is 10.4. The lowest BCUT2D eigenvalue weighted by molar-refractivity contribution is -0.0494. The molecule has 1 rings (SSSR count). The smallest absolute Gasteiger partial charge is 0.409 e. The van der Waals surface area contributed by atoms with Crippen molar-refractivity contribution < 1.29 is 15.0 Å². The third-order valence-electron chi connectivity index (χ3n) is 1.84. The summed E-state index contributed by atoms with van der Waals surface area (Å²) in [5, 5.41) is 17.9. The highest BCUT2D eigenvalue weighted by molar-refractivity contribution is 5.66. The molecule has 10 heavy (non-hydrogen) atoms. The molecule has 0 radical (unpaired) electrons. The lowest BCUT2D eigenvalue weighted by Gasteiger charge is -2.26. The standard InChI is InChI=1S/C6H11NO3/c1-6(10)3-2-4-7(6)5(8)9/h10H,2-4H2,1H3,(H,8,9). The van der Waals surface area contributed by atoms with E-state index in [1.807, 2.05) is 0 Å². The number of amides is 1. The first-order chi connectivity index (χ1) is 4.54. The van der Waals surface area contributed by atoms with Crippen LogP contribution in [0.4, 0.5) is 4.79 Å². The van der Waals surface area contributed by atoms with Gasteiger partial charge in [0.2, 0.25) is 0 Å². The molecule has 0 aromatic rings. The van der Waals surface area contributed by atoms with Gasteiger partial charge in [0.15, 0.2) is 0 Å². The van der Waals surface area contributed by atoms with Crippen LogP contribution in [-0.2, 0) is 0 Å². The Bertz CT molecular complexity index is 155. The number of hydrogen-bond donors (Lipinski definition) is 2. The van der Waals surface area contributed by atoms with Crippen molar-refractivity contribution in [3.8, 4) is 0 Å². The van der Waals surface area contributed by atoms with E-state index in [1.165, 1.54) is 6.92 Å². The van der Waals surface area contributed by atoms with E-state index in [-0.39, 0.29) is 0 Å². The molecule has 1 unspecified atom stereocenters. The molecule has 4 heteroatoms. The molecule has 0 bridgehead atoms. The third-order valence-corrected chi connectivity index (χ3v) is 1.84. The van der Waals surface area contributed by atoms with Crippen LogP contribution in [0.2, 0.25) is 0 Å². The van der Waals surface area contributed by atoms with Gasteiger partial charge in [-0.25, -0.2) is 4.79 Å². The van der Waals surface area contributed by atoms with Crippen LogP contribution in [0.3, 0.4) is 0 Å². The third kappa shape index (κ3) is 1.07. The topological polar surface area (TPSA) is 60.8 Å². The first kappa shape index (κ1) is 7.34. The Morgan fingerprint density at radius 1 is 1.70 bits per heavy atom. The summed E-state index contributed by atoms with van der Waals surface area (Å²) in [4.78, 5) is 11.4. The molecule has 0 spiro atoms. The molecule has 0 aromatic carbocycles. The molecule has 4 nitrogen and oxygen atoms in total. The van der Waals surface area contributed by atoms with Gasteiger partial charge in [-0.1, -0.05) is 0 Å². The fourth-order valence-electron chi connectivity index (χ4n) is 1.25. The highest BCUT2D eigenvalue weighted by Gasteiger charge is 2.37. The zero-order valence-corrected chi connectivity index (χ0v) is 5.87. The van der Waals surface area contributed by atoms with Crippen molar-refractivity contribution in [2.75, 3.05) is 6.54 Å². The SMILES string of the molecule is CC1(O)CCCN1C(=O)O. The molecule has 1 aliphatic heterocycles. The van der Waals surface area contributed by atoms with Crippen molar-refractivity contribution in [3.63, 3.8) is 0 Å². The number of carboxylic acid groups (broad SMARTS) is 1. The van der Waals surface area contributed by atoms with Gasteiger partial charge in [-0.15, -0.1) is 0 Å². The van der Waals surface area contributed by atoms with E-state index in [4.69, 9.17) is 5.11 Å². The second kappa shape index (κ2) is 2.12. The Balaban J connectivity index is 2.68. The molecular weight excluding hydrogens is 134 g/mol. The summed E-state index contributed by atoms with van der Waals surface area (Å²) in [5.74, 6) is 0. The van der Waals surface area contributed by atoms with Gasteiger partial charge in [0, 0.05) is 6.54 Å². The Morgan fingerprint density at radius 3 is 2.50 bits per heavy atom. The van der Waals surface area contributed by atoms with Gasteiger partial charge in [0.25, 0.3) is 0 Å². The number of hydrogen-bond acceptors (Lipinski definition) is 2. The molecule has 1 atom stereocenters. The number of carbonyl (C=O) groups is 1. The maximum Gasteiger partial charge on any atom is 0.409 e. The molecule has 0 aromatic heterocycles. The first-order valence-corrected chi connectivity index (χ1v) is 3.27. The summed E-state index contributed by atoms with van der Waals surface area (Å²) in [6.45, 7) is 1.97. The van der Waals surface area contributed by atoms with Crippen LogP contribution in [0, 0.1) is 0 Å². The van der Waals surface area contributed by atoms with Gasteiger partial charge in [0.1, 0.15) is 5.72 Å². The minimum absolute atomic E-state index is 0.447. The van der Waals surface area contributed by atoms with Crippen LogP contribution < -0.4 is 0 Å². The van der Waals surface area contributed by atoms with E-state index in [2.05, 4.69) is 0 Å². The van der Waals surface area contributed by atoms with E-state index >= 15 is 0 Å². The van der Waals surface area contributed by atoms with Gasteiger partial charge < -0.3 is 10.2 Å². The summed E-state index contributed by atoms with van der Waals surface area (Å²) >= 11 is 0. The number of aliphatic hydroxyl groups is 1. The second-order valence-corrected chi connectivity index (χ2v) is 2.75. The van der Waals surface area contributed by atoms with Crippen LogP contribution in [0.1, 0.15) is 19.8 Å². The molecule has 1 fully saturated rings. The van der Waals surface area contributed by atoms with Crippen LogP contribution in [-0.4, -0.2) is 33.5 Å². The Kier molecular flexibility index (Phi) is 1.56. The summed E-state index contributed by atoms with van der Waals surface area (Å²) in [6, 6.07) is 0. The average molecular weight is 145 g/mol. The molecule has 1 aliphatic rings. The lowest BCUT2D eigenvalue weighted by Crippen LogP contribution is -2.43. The molecule has 2 N–H and O–H groups in total. The second-order valence-electron chi connectivity index (χ2n) is 2.75. The highest BCUT2D eigenvalue weighted by atomic mass is 16.4. The number of likely N-dealkylation sites (tertiary alicyclic amines) is 1. The van der Waals surface area contributed by atoms with Crippen molar-refractivity contribution in [2.24, 2.45) is 0 Å². The van der Waals surface area contributed by atoms with Crippen LogP contribution in [0.5, 0.6) is 0 Å². The first-order valence-electron chi connectivity index (χ1n) is 3.27. The minimum Gasteiger partial charge on any atom is -0.465 e. The zero-order valence-electron chi connectivity index (χ0n) is 5.87. The van der Waals surface area contributed by atoms with Crippen molar-refractivity contribution in [1.82, 2.24) is 4.90 Å². The number of nitrogens with zero attached hydrogens (tertiary/aromatic N) is 1. The predicted octanol–water partition coefficient (Wildman–Crippen LogP) is 0.469. The van der Waals surface area contributed by atoms with E-state index < -0.39 is 11.8 Å². The lowest BCUT2D eigenvalue weighted by atomic mass is 10.2.